The molecule has 2 aliphatic rings. The molecule has 6 nitrogen and oxygen atoms in total. The summed E-state index contributed by atoms with van der Waals surface area (Å²) in [4.78, 5) is 27.6. The molecule has 1 aromatic heterocycles. The molecular weight excluding hydrogens is 308 g/mol. The molecule has 0 aromatic carbocycles. The van der Waals surface area contributed by atoms with Gasteiger partial charge in [0.05, 0.1) is 5.92 Å². The van der Waals surface area contributed by atoms with Gasteiger partial charge in [-0.3, -0.25) is 9.59 Å². The molecule has 0 radical (unpaired) electrons. The topological polar surface area (TPSA) is 88.5 Å². The summed E-state index contributed by atoms with van der Waals surface area (Å²) < 4.78 is 5.90. The van der Waals surface area contributed by atoms with E-state index in [1.165, 1.54) is 19.3 Å². The van der Waals surface area contributed by atoms with Gasteiger partial charge in [0.25, 0.3) is 5.91 Å². The molecule has 2 N–H and O–H groups in total. The van der Waals surface area contributed by atoms with Gasteiger partial charge in [-0.15, -0.1) is 0 Å². The van der Waals surface area contributed by atoms with E-state index in [0.717, 1.165) is 12.8 Å². The molecule has 0 aliphatic heterocycles. The highest BCUT2D eigenvalue weighted by Crippen LogP contribution is 2.26. The zero-order chi connectivity index (χ0) is 16.9. The Bertz CT molecular complexity index is 598. The molecule has 2 fully saturated rings. The predicted octanol–water partition coefficient (Wildman–Crippen LogP) is 2.78. The number of nitrogens with one attached hydrogen (secondary N) is 1. The normalized spacial score (nSPS) is 24.5. The van der Waals surface area contributed by atoms with Gasteiger partial charge in [-0.2, -0.15) is 0 Å². The first kappa shape index (κ1) is 16.7. The maximum atomic E-state index is 12.4. The molecule has 24 heavy (non-hydrogen) atoms. The molecule has 0 saturated heterocycles. The van der Waals surface area contributed by atoms with Crippen LogP contribution in [0.1, 0.15) is 61.7 Å². The molecular formula is C18H24N2O4. The second kappa shape index (κ2) is 7.64. The summed E-state index contributed by atoms with van der Waals surface area (Å²) in [5.41, 5.74) is 0.509. The Morgan fingerprint density at radius 1 is 1.17 bits per heavy atom. The lowest BCUT2D eigenvalue weighted by atomic mass is 9.98. The second-order valence-electron chi connectivity index (χ2n) is 6.78. The van der Waals surface area contributed by atoms with Crippen LogP contribution in [0.2, 0.25) is 0 Å². The maximum absolute atomic E-state index is 12.4. The largest absolute Gasteiger partial charge is 0.481 e. The van der Waals surface area contributed by atoms with Crippen LogP contribution < -0.4 is 10.1 Å². The van der Waals surface area contributed by atoms with Gasteiger partial charge in [0.2, 0.25) is 5.88 Å². The number of hydrogen-bond donors (Lipinski definition) is 2. The molecule has 130 valence electrons. The number of carboxylic acids is 1. The number of rotatable bonds is 5. The van der Waals surface area contributed by atoms with Crippen molar-refractivity contribution in [1.29, 1.82) is 0 Å². The number of aliphatic carboxylic acids is 1. The zero-order valence-corrected chi connectivity index (χ0v) is 13.7. The summed E-state index contributed by atoms with van der Waals surface area (Å²) in [5.74, 6) is -0.830. The van der Waals surface area contributed by atoms with Crippen molar-refractivity contribution in [2.75, 3.05) is 0 Å². The number of pyridine rings is 1. The first-order valence-electron chi connectivity index (χ1n) is 8.78. The van der Waals surface area contributed by atoms with Crippen molar-refractivity contribution >= 4 is 11.9 Å². The minimum Gasteiger partial charge on any atom is -0.481 e. The van der Waals surface area contributed by atoms with Crippen LogP contribution in [-0.2, 0) is 4.79 Å². The third-order valence-corrected chi connectivity index (χ3v) is 4.95. The Balaban J connectivity index is 1.57. The van der Waals surface area contributed by atoms with Crippen molar-refractivity contribution in [3.05, 3.63) is 23.9 Å². The number of amides is 1. The van der Waals surface area contributed by atoms with Crippen LogP contribution in [0.15, 0.2) is 18.3 Å². The van der Waals surface area contributed by atoms with E-state index < -0.39 is 5.97 Å². The summed E-state index contributed by atoms with van der Waals surface area (Å²) in [6, 6.07) is 3.26. The van der Waals surface area contributed by atoms with Crippen molar-refractivity contribution in [3.63, 3.8) is 0 Å². The van der Waals surface area contributed by atoms with E-state index in [0.29, 0.717) is 30.7 Å². The minimum atomic E-state index is -0.779. The molecule has 1 heterocycles. The Labute approximate surface area is 141 Å². The summed E-state index contributed by atoms with van der Waals surface area (Å²) in [6.07, 6.45) is 9.29. The Hall–Kier alpha value is -2.11. The first-order valence-corrected chi connectivity index (χ1v) is 8.78. The number of carboxylic acid groups (broad SMARTS) is 1. The summed E-state index contributed by atoms with van der Waals surface area (Å²) >= 11 is 0. The lowest BCUT2D eigenvalue weighted by Gasteiger charge is -2.22. The van der Waals surface area contributed by atoms with Crippen LogP contribution in [0.3, 0.4) is 0 Å². The Morgan fingerprint density at radius 3 is 2.67 bits per heavy atom. The lowest BCUT2D eigenvalue weighted by Crippen LogP contribution is -2.33. The molecule has 2 aliphatic carbocycles. The SMILES string of the molecule is O=C(N[C@@H]1CC[C@H](C(=O)O)C1)c1ccnc(OC2CCCCC2)c1. The van der Waals surface area contributed by atoms with Crippen LogP contribution in [0, 0.1) is 5.92 Å². The van der Waals surface area contributed by atoms with Crippen LogP contribution in [-0.4, -0.2) is 34.1 Å². The quantitative estimate of drug-likeness (QED) is 0.865. The summed E-state index contributed by atoms with van der Waals surface area (Å²) in [7, 11) is 0. The molecule has 2 saturated carbocycles. The zero-order valence-electron chi connectivity index (χ0n) is 13.7. The third kappa shape index (κ3) is 4.24. The number of hydrogen-bond acceptors (Lipinski definition) is 4. The second-order valence-corrected chi connectivity index (χ2v) is 6.78. The molecule has 1 aromatic rings. The molecule has 0 bridgehead atoms. The number of carbonyl (C=O) groups is 2. The van der Waals surface area contributed by atoms with Crippen molar-refractivity contribution < 1.29 is 19.4 Å². The molecule has 0 spiro atoms. The van der Waals surface area contributed by atoms with Crippen molar-refractivity contribution in [1.82, 2.24) is 10.3 Å². The minimum absolute atomic E-state index is 0.0746. The van der Waals surface area contributed by atoms with Gasteiger partial charge in [0, 0.05) is 23.9 Å². The highest BCUT2D eigenvalue weighted by molar-refractivity contribution is 5.94. The molecule has 0 unspecified atom stereocenters. The van der Waals surface area contributed by atoms with E-state index in [-0.39, 0.29) is 24.0 Å². The third-order valence-electron chi connectivity index (χ3n) is 4.95. The molecule has 2 atom stereocenters. The number of carbonyl (C=O) groups excluding carboxylic acids is 1. The summed E-state index contributed by atoms with van der Waals surface area (Å²) in [6.45, 7) is 0. The fourth-order valence-corrected chi connectivity index (χ4v) is 3.57. The molecule has 1 amide bonds. The van der Waals surface area contributed by atoms with E-state index in [4.69, 9.17) is 9.84 Å². The maximum Gasteiger partial charge on any atom is 0.306 e. The average molecular weight is 332 g/mol. The van der Waals surface area contributed by atoms with E-state index in [9.17, 15) is 9.59 Å². The Kier molecular flexibility index (Phi) is 5.33. The van der Waals surface area contributed by atoms with Gasteiger partial charge >= 0.3 is 5.97 Å². The predicted molar refractivity (Wildman–Crippen MR) is 88.0 cm³/mol. The number of nitrogens with zero attached hydrogens (tertiary/aromatic N) is 1. The van der Waals surface area contributed by atoms with Gasteiger partial charge in [0.15, 0.2) is 0 Å². The van der Waals surface area contributed by atoms with Gasteiger partial charge in [-0.25, -0.2) is 4.98 Å². The number of ether oxygens (including phenoxy) is 1. The fourth-order valence-electron chi connectivity index (χ4n) is 3.57. The van der Waals surface area contributed by atoms with Crippen LogP contribution >= 0.6 is 0 Å². The average Bonchev–Trinajstić information content (AvgIpc) is 3.05. The monoisotopic (exact) mass is 332 g/mol. The van der Waals surface area contributed by atoms with Crippen LogP contribution in [0.25, 0.3) is 0 Å². The van der Waals surface area contributed by atoms with E-state index >= 15 is 0 Å². The van der Waals surface area contributed by atoms with Gasteiger partial charge < -0.3 is 15.2 Å². The Morgan fingerprint density at radius 2 is 1.96 bits per heavy atom. The van der Waals surface area contributed by atoms with E-state index in [1.807, 2.05) is 0 Å². The van der Waals surface area contributed by atoms with E-state index in [1.54, 1.807) is 18.3 Å². The van der Waals surface area contributed by atoms with Crippen LogP contribution in [0.5, 0.6) is 5.88 Å². The lowest BCUT2D eigenvalue weighted by molar-refractivity contribution is -0.141. The van der Waals surface area contributed by atoms with Crippen molar-refractivity contribution in [2.24, 2.45) is 5.92 Å². The smallest absolute Gasteiger partial charge is 0.306 e. The van der Waals surface area contributed by atoms with Crippen molar-refractivity contribution in [3.8, 4) is 5.88 Å². The van der Waals surface area contributed by atoms with E-state index in [2.05, 4.69) is 10.3 Å². The molecule has 3 rings (SSSR count). The number of aromatic nitrogens is 1. The first-order chi connectivity index (χ1) is 11.6. The van der Waals surface area contributed by atoms with Gasteiger partial charge in [-0.05, 0) is 51.0 Å². The van der Waals surface area contributed by atoms with Crippen molar-refractivity contribution in [2.45, 2.75) is 63.5 Å². The highest BCUT2D eigenvalue weighted by atomic mass is 16.5. The fraction of sp³-hybridized carbons (Fsp3) is 0.611. The highest BCUT2D eigenvalue weighted by Gasteiger charge is 2.30. The van der Waals surface area contributed by atoms with Gasteiger partial charge in [0.1, 0.15) is 6.10 Å². The standard InChI is InChI=1S/C18H24N2O4/c21-17(20-14-7-6-13(10-14)18(22)23)12-8-9-19-16(11-12)24-15-4-2-1-3-5-15/h8-9,11,13-15H,1-7,10H2,(H,20,21)(H,22,23)/t13-,14+/m0/s1. The van der Waals surface area contributed by atoms with Gasteiger partial charge in [-0.1, -0.05) is 6.42 Å². The summed E-state index contributed by atoms with van der Waals surface area (Å²) in [5, 5.41) is 12.0. The van der Waals surface area contributed by atoms with Crippen LogP contribution in [0.4, 0.5) is 0 Å². The molecule has 6 heteroatoms.